The molecule has 1 aliphatic heterocycles. The minimum Gasteiger partial charge on any atom is -0.545 e. The number of carbonyl (C=O) groups excluding carboxylic acids is 4. The molecule has 0 aliphatic carbocycles. The van der Waals surface area contributed by atoms with E-state index >= 15 is 0 Å². The Labute approximate surface area is 206 Å². The van der Waals surface area contributed by atoms with E-state index in [-0.39, 0.29) is 17.0 Å². The summed E-state index contributed by atoms with van der Waals surface area (Å²) < 4.78 is 1.86. The van der Waals surface area contributed by atoms with Gasteiger partial charge in [0.15, 0.2) is 0 Å². The van der Waals surface area contributed by atoms with Crippen LogP contribution in [0.3, 0.4) is 0 Å². The number of aromatic nitrogens is 1. The van der Waals surface area contributed by atoms with Crippen molar-refractivity contribution < 1.29 is 24.3 Å². The van der Waals surface area contributed by atoms with E-state index in [4.69, 9.17) is 0 Å². The summed E-state index contributed by atoms with van der Waals surface area (Å²) in [4.78, 5) is 50.2. The van der Waals surface area contributed by atoms with Crippen LogP contribution in [0.15, 0.2) is 59.5 Å². The topological polar surface area (TPSA) is 112 Å². The summed E-state index contributed by atoms with van der Waals surface area (Å²) in [5.74, 6) is -2.28. The number of nitrogens with zero attached hydrogens (tertiary/aromatic N) is 2. The van der Waals surface area contributed by atoms with Gasteiger partial charge >= 0.3 is 0 Å². The average Bonchev–Trinajstić information content (AvgIpc) is 3.24. The van der Waals surface area contributed by atoms with Crippen molar-refractivity contribution in [2.45, 2.75) is 20.8 Å². The summed E-state index contributed by atoms with van der Waals surface area (Å²) in [6.45, 7) is 5.24. The first-order valence-corrected chi connectivity index (χ1v) is 11.6. The molecule has 0 bridgehead atoms. The maximum atomic E-state index is 12.9. The third kappa shape index (κ3) is 5.04. The highest BCUT2D eigenvalue weighted by atomic mass is 32.2. The number of anilines is 1. The third-order valence-corrected chi connectivity index (χ3v) is 6.51. The number of carbonyl (C=O) groups is 4. The lowest BCUT2D eigenvalue weighted by Gasteiger charge is -2.12. The molecule has 35 heavy (non-hydrogen) atoms. The van der Waals surface area contributed by atoms with Crippen molar-refractivity contribution in [3.8, 4) is 5.69 Å². The molecular formula is C26H22N3O5S-. The SMILES string of the molecule is Cc1ccc(NC(=O)CN2C(=O)S/C(=C\c3cc(C)n(-c4cccc(C(=O)[O-])c4)c3C)C2=O)cc1. The van der Waals surface area contributed by atoms with E-state index in [1.807, 2.05) is 43.5 Å². The smallest absolute Gasteiger partial charge is 0.294 e. The van der Waals surface area contributed by atoms with Crippen LogP contribution >= 0.6 is 11.8 Å². The minimum absolute atomic E-state index is 0.0570. The zero-order chi connectivity index (χ0) is 25.3. The molecule has 1 fully saturated rings. The molecule has 0 spiro atoms. The Balaban J connectivity index is 1.54. The summed E-state index contributed by atoms with van der Waals surface area (Å²) in [5.41, 5.74) is 4.62. The Kier molecular flexibility index (Phi) is 6.61. The number of hydrogen-bond donors (Lipinski definition) is 1. The van der Waals surface area contributed by atoms with Crippen LogP contribution in [0.25, 0.3) is 11.8 Å². The van der Waals surface area contributed by atoms with Gasteiger partial charge in [-0.15, -0.1) is 0 Å². The lowest BCUT2D eigenvalue weighted by atomic mass is 10.2. The van der Waals surface area contributed by atoms with Crippen molar-refractivity contribution in [3.63, 3.8) is 0 Å². The van der Waals surface area contributed by atoms with Crippen LogP contribution in [-0.2, 0) is 9.59 Å². The maximum Gasteiger partial charge on any atom is 0.294 e. The van der Waals surface area contributed by atoms with Crippen LogP contribution < -0.4 is 10.4 Å². The number of nitrogens with one attached hydrogen (secondary N) is 1. The van der Waals surface area contributed by atoms with Crippen LogP contribution in [0.2, 0.25) is 0 Å². The average molecular weight is 489 g/mol. The van der Waals surface area contributed by atoms with E-state index in [1.165, 1.54) is 12.1 Å². The first kappa shape index (κ1) is 24.0. The van der Waals surface area contributed by atoms with Crippen molar-refractivity contribution in [2.24, 2.45) is 0 Å². The van der Waals surface area contributed by atoms with Gasteiger partial charge in [0.2, 0.25) is 5.91 Å². The van der Waals surface area contributed by atoms with Crippen molar-refractivity contribution in [1.29, 1.82) is 0 Å². The van der Waals surface area contributed by atoms with Gasteiger partial charge in [0, 0.05) is 22.8 Å². The zero-order valence-electron chi connectivity index (χ0n) is 19.3. The molecule has 0 unspecified atom stereocenters. The highest BCUT2D eigenvalue weighted by Gasteiger charge is 2.36. The Hall–Kier alpha value is -4.11. The summed E-state index contributed by atoms with van der Waals surface area (Å²) in [5, 5.41) is 13.4. The van der Waals surface area contributed by atoms with Gasteiger partial charge in [-0.3, -0.25) is 19.3 Å². The summed E-state index contributed by atoms with van der Waals surface area (Å²) in [7, 11) is 0. The van der Waals surface area contributed by atoms with Crippen molar-refractivity contribution in [3.05, 3.63) is 87.6 Å². The first-order chi connectivity index (χ1) is 16.6. The Bertz CT molecular complexity index is 1390. The van der Waals surface area contributed by atoms with Crippen LogP contribution in [0.1, 0.15) is 32.9 Å². The largest absolute Gasteiger partial charge is 0.545 e. The molecule has 3 aromatic rings. The van der Waals surface area contributed by atoms with E-state index in [1.54, 1.807) is 30.3 Å². The fourth-order valence-electron chi connectivity index (χ4n) is 3.86. The van der Waals surface area contributed by atoms with Gasteiger partial charge in [-0.05, 0) is 80.1 Å². The molecular weight excluding hydrogens is 466 g/mol. The molecule has 178 valence electrons. The number of carboxylic acids is 1. The molecule has 0 atom stereocenters. The van der Waals surface area contributed by atoms with E-state index in [2.05, 4.69) is 5.32 Å². The number of aromatic carboxylic acids is 1. The lowest BCUT2D eigenvalue weighted by Crippen LogP contribution is -2.36. The number of benzene rings is 2. The molecule has 1 aromatic heterocycles. The second-order valence-corrected chi connectivity index (χ2v) is 9.17. The molecule has 0 radical (unpaired) electrons. The second-order valence-electron chi connectivity index (χ2n) is 8.18. The van der Waals surface area contributed by atoms with Gasteiger partial charge in [0.1, 0.15) is 6.54 Å². The summed E-state index contributed by atoms with van der Waals surface area (Å²) in [6.07, 6.45) is 1.62. The fourth-order valence-corrected chi connectivity index (χ4v) is 4.69. The normalized spacial score (nSPS) is 14.6. The molecule has 1 aliphatic rings. The molecule has 3 amide bonds. The maximum absolute atomic E-state index is 12.9. The van der Waals surface area contributed by atoms with Crippen LogP contribution in [0.5, 0.6) is 0 Å². The van der Waals surface area contributed by atoms with Gasteiger partial charge in [-0.25, -0.2) is 0 Å². The van der Waals surface area contributed by atoms with Gasteiger partial charge in [-0.1, -0.05) is 29.8 Å². The first-order valence-electron chi connectivity index (χ1n) is 10.8. The van der Waals surface area contributed by atoms with E-state index in [9.17, 15) is 24.3 Å². The van der Waals surface area contributed by atoms with Crippen LogP contribution in [-0.4, -0.2) is 39.0 Å². The Morgan fingerprint density at radius 2 is 1.74 bits per heavy atom. The van der Waals surface area contributed by atoms with Crippen molar-refractivity contribution in [2.75, 3.05) is 11.9 Å². The van der Waals surface area contributed by atoms with Gasteiger partial charge < -0.3 is 19.8 Å². The van der Waals surface area contributed by atoms with Gasteiger partial charge in [0.25, 0.3) is 11.1 Å². The fraction of sp³-hybridized carbons (Fsp3) is 0.154. The van der Waals surface area contributed by atoms with Crippen molar-refractivity contribution >= 4 is 46.5 Å². The quantitative estimate of drug-likeness (QED) is 0.532. The molecule has 2 aromatic carbocycles. The highest BCUT2D eigenvalue weighted by molar-refractivity contribution is 8.18. The number of carboxylic acid groups (broad SMARTS) is 1. The number of aryl methyl sites for hydroxylation is 2. The molecule has 4 rings (SSSR count). The Morgan fingerprint density at radius 3 is 2.43 bits per heavy atom. The van der Waals surface area contributed by atoms with E-state index < -0.39 is 23.0 Å². The van der Waals surface area contributed by atoms with Gasteiger partial charge in [-0.2, -0.15) is 0 Å². The zero-order valence-corrected chi connectivity index (χ0v) is 20.1. The number of rotatable bonds is 6. The number of thioether (sulfide) groups is 1. The van der Waals surface area contributed by atoms with Crippen molar-refractivity contribution in [1.82, 2.24) is 9.47 Å². The molecule has 1 saturated heterocycles. The van der Waals surface area contributed by atoms with E-state index in [0.29, 0.717) is 16.9 Å². The molecule has 0 saturated carbocycles. The minimum atomic E-state index is -1.27. The van der Waals surface area contributed by atoms with Crippen LogP contribution in [0, 0.1) is 20.8 Å². The summed E-state index contributed by atoms with van der Waals surface area (Å²) in [6, 6.07) is 15.4. The van der Waals surface area contributed by atoms with Crippen LogP contribution in [0.4, 0.5) is 10.5 Å². The number of imide groups is 1. The highest BCUT2D eigenvalue weighted by Crippen LogP contribution is 2.33. The molecule has 8 nitrogen and oxygen atoms in total. The predicted octanol–water partition coefficient (Wildman–Crippen LogP) is 3.44. The predicted molar refractivity (Wildman–Crippen MR) is 132 cm³/mol. The monoisotopic (exact) mass is 488 g/mol. The molecule has 2 heterocycles. The number of hydrogen-bond acceptors (Lipinski definition) is 6. The lowest BCUT2D eigenvalue weighted by molar-refractivity contribution is -0.255. The van der Waals surface area contributed by atoms with E-state index in [0.717, 1.165) is 33.6 Å². The van der Waals surface area contributed by atoms with Gasteiger partial charge in [0.05, 0.1) is 10.9 Å². The summed E-state index contributed by atoms with van der Waals surface area (Å²) >= 11 is 0.776. The molecule has 1 N–H and O–H groups in total. The standard InChI is InChI=1S/C26H23N3O5S/c1-15-7-9-20(10-8-15)27-23(30)14-28-24(31)22(35-26(28)34)13-19-11-16(2)29(17(19)3)21-6-4-5-18(12-21)25(32)33/h4-13H,14H2,1-3H3,(H,27,30)(H,32,33)/p-1/b22-13-. The third-order valence-electron chi connectivity index (χ3n) is 5.61. The number of amides is 3. The molecule has 9 heteroatoms. The Morgan fingerprint density at radius 1 is 1.03 bits per heavy atom. The second kappa shape index (κ2) is 9.63.